The topological polar surface area (TPSA) is 94.0 Å². The van der Waals surface area contributed by atoms with Gasteiger partial charge in [0.2, 0.25) is 0 Å². The molecule has 4 heterocycles. The molecule has 2 saturated heterocycles. The lowest BCUT2D eigenvalue weighted by atomic mass is 10.1. The molecule has 0 aliphatic carbocycles. The van der Waals surface area contributed by atoms with Gasteiger partial charge < -0.3 is 24.4 Å². The summed E-state index contributed by atoms with van der Waals surface area (Å²) in [6.45, 7) is 5.75. The molecule has 2 aliphatic rings. The molecule has 3 aromatic rings. The molecule has 2 aromatic heterocycles. The fourth-order valence-corrected chi connectivity index (χ4v) is 4.93. The van der Waals surface area contributed by atoms with Gasteiger partial charge in [0, 0.05) is 45.0 Å². The van der Waals surface area contributed by atoms with Crippen LogP contribution in [0.2, 0.25) is 0 Å². The van der Waals surface area contributed by atoms with Gasteiger partial charge in [-0.15, -0.1) is 0 Å². The van der Waals surface area contributed by atoms with Crippen LogP contribution in [0.15, 0.2) is 59.0 Å². The third kappa shape index (κ3) is 5.79. The maximum Gasteiger partial charge on any atom is 0.285 e. The fourth-order valence-electron chi connectivity index (χ4n) is 4.93. The Morgan fingerprint density at radius 3 is 2.54 bits per heavy atom. The van der Waals surface area contributed by atoms with Crippen LogP contribution in [-0.2, 0) is 9.53 Å². The number of hydrogen-bond acceptors (Lipinski definition) is 6. The second-order valence-corrected chi connectivity index (χ2v) is 9.79. The second kappa shape index (κ2) is 11.3. The Labute approximate surface area is 217 Å². The zero-order chi connectivity index (χ0) is 25.8. The van der Waals surface area contributed by atoms with E-state index in [4.69, 9.17) is 9.15 Å². The summed E-state index contributed by atoms with van der Waals surface area (Å²) < 4.78 is 11.7. The number of likely N-dealkylation sites (N-methyl/N-ethyl adjacent to an activating group) is 1. The fraction of sp³-hybridized carbons (Fsp3) is 0.429. The third-order valence-electron chi connectivity index (χ3n) is 7.05. The van der Waals surface area contributed by atoms with E-state index < -0.39 is 6.04 Å². The SMILES string of the molecule is Cc1ccc(C(C(=O)NCC2CCCO2)N(C(=O)c2ccc(-c3ccccc3)[nH]2)N2CCN(C)CC2)o1. The number of piperazine rings is 1. The van der Waals surface area contributed by atoms with Crippen molar-refractivity contribution in [3.63, 3.8) is 0 Å². The van der Waals surface area contributed by atoms with E-state index >= 15 is 0 Å². The van der Waals surface area contributed by atoms with Crippen molar-refractivity contribution in [3.05, 3.63) is 71.8 Å². The van der Waals surface area contributed by atoms with Crippen LogP contribution in [0.5, 0.6) is 0 Å². The second-order valence-electron chi connectivity index (χ2n) is 9.79. The summed E-state index contributed by atoms with van der Waals surface area (Å²) in [5, 5.41) is 6.58. The molecule has 2 N–H and O–H groups in total. The van der Waals surface area contributed by atoms with E-state index in [1.807, 2.05) is 54.4 Å². The molecule has 2 amide bonds. The highest BCUT2D eigenvalue weighted by molar-refractivity contribution is 5.96. The number of ether oxygens (including phenoxy) is 1. The van der Waals surface area contributed by atoms with Crippen LogP contribution in [0.25, 0.3) is 11.3 Å². The van der Waals surface area contributed by atoms with E-state index in [9.17, 15) is 9.59 Å². The van der Waals surface area contributed by atoms with Crippen LogP contribution in [-0.4, -0.2) is 84.2 Å². The number of nitrogens with zero attached hydrogens (tertiary/aromatic N) is 3. The molecule has 9 heteroatoms. The maximum atomic E-state index is 14.1. The zero-order valence-corrected chi connectivity index (χ0v) is 21.5. The molecule has 0 saturated carbocycles. The van der Waals surface area contributed by atoms with Crippen molar-refractivity contribution in [2.24, 2.45) is 0 Å². The number of hydrazine groups is 1. The Bertz CT molecular complexity index is 1190. The summed E-state index contributed by atoms with van der Waals surface area (Å²) in [7, 11) is 2.06. The highest BCUT2D eigenvalue weighted by Gasteiger charge is 2.39. The van der Waals surface area contributed by atoms with Crippen LogP contribution < -0.4 is 5.32 Å². The molecule has 0 bridgehead atoms. The highest BCUT2D eigenvalue weighted by Crippen LogP contribution is 2.29. The highest BCUT2D eigenvalue weighted by atomic mass is 16.5. The number of nitrogens with one attached hydrogen (secondary N) is 2. The molecule has 2 fully saturated rings. The van der Waals surface area contributed by atoms with E-state index in [1.54, 1.807) is 17.1 Å². The first-order valence-corrected chi connectivity index (χ1v) is 13.0. The van der Waals surface area contributed by atoms with Gasteiger partial charge in [-0.2, -0.15) is 0 Å². The predicted molar refractivity (Wildman–Crippen MR) is 140 cm³/mol. The van der Waals surface area contributed by atoms with Gasteiger partial charge in [0.1, 0.15) is 17.2 Å². The Hall–Kier alpha value is -3.40. The van der Waals surface area contributed by atoms with Gasteiger partial charge in [0.25, 0.3) is 11.8 Å². The maximum absolute atomic E-state index is 14.1. The molecule has 5 rings (SSSR count). The number of carbonyl (C=O) groups is 2. The lowest BCUT2D eigenvalue weighted by Gasteiger charge is -2.42. The summed E-state index contributed by atoms with van der Waals surface area (Å²) in [4.78, 5) is 33.4. The lowest BCUT2D eigenvalue weighted by molar-refractivity contribution is -0.136. The lowest BCUT2D eigenvalue weighted by Crippen LogP contribution is -2.58. The van der Waals surface area contributed by atoms with Crippen LogP contribution in [0.3, 0.4) is 0 Å². The van der Waals surface area contributed by atoms with Crippen LogP contribution in [0, 0.1) is 6.92 Å². The minimum Gasteiger partial charge on any atom is -0.464 e. The predicted octanol–water partition coefficient (Wildman–Crippen LogP) is 3.22. The number of aryl methyl sites for hydroxylation is 1. The Morgan fingerprint density at radius 1 is 1.08 bits per heavy atom. The third-order valence-corrected chi connectivity index (χ3v) is 7.05. The van der Waals surface area contributed by atoms with Crippen molar-refractivity contribution in [2.75, 3.05) is 46.4 Å². The molecule has 2 unspecified atom stereocenters. The molecule has 196 valence electrons. The van der Waals surface area contributed by atoms with Gasteiger partial charge >= 0.3 is 0 Å². The van der Waals surface area contributed by atoms with E-state index in [-0.39, 0.29) is 17.9 Å². The molecular formula is C28H35N5O4. The van der Waals surface area contributed by atoms with Gasteiger partial charge in [-0.3, -0.25) is 9.59 Å². The quantitative estimate of drug-likeness (QED) is 0.488. The molecule has 2 atom stereocenters. The molecule has 9 nitrogen and oxygen atoms in total. The van der Waals surface area contributed by atoms with Crippen molar-refractivity contribution in [2.45, 2.75) is 31.9 Å². The largest absolute Gasteiger partial charge is 0.464 e. The minimum absolute atomic E-state index is 0.00689. The number of aromatic nitrogens is 1. The van der Waals surface area contributed by atoms with Gasteiger partial charge in [-0.25, -0.2) is 10.0 Å². The first kappa shape index (κ1) is 25.3. The standard InChI is InChI=1S/C28H35N5O4/c1-20-10-13-25(37-20)26(27(34)29-19-22-9-6-18-36-22)33(32-16-14-31(2)15-17-32)28(35)24-12-11-23(30-24)21-7-4-3-5-8-21/h3-5,7-8,10-13,22,26,30H,6,9,14-19H2,1-2H3,(H,29,34). The Balaban J connectivity index is 1.48. The van der Waals surface area contributed by atoms with E-state index in [0.717, 1.165) is 37.2 Å². The number of rotatable bonds is 8. The van der Waals surface area contributed by atoms with E-state index in [1.165, 1.54) is 0 Å². The minimum atomic E-state index is -0.950. The van der Waals surface area contributed by atoms with Crippen molar-refractivity contribution >= 4 is 11.8 Å². The zero-order valence-electron chi connectivity index (χ0n) is 21.5. The summed E-state index contributed by atoms with van der Waals surface area (Å²) in [5.74, 6) is 0.554. The normalized spacial score (nSPS) is 19.6. The van der Waals surface area contributed by atoms with Crippen molar-refractivity contribution in [1.29, 1.82) is 0 Å². The van der Waals surface area contributed by atoms with Gasteiger partial charge in [-0.05, 0) is 56.6 Å². The van der Waals surface area contributed by atoms with Gasteiger partial charge in [0.15, 0.2) is 6.04 Å². The Kier molecular flexibility index (Phi) is 7.73. The number of carbonyl (C=O) groups excluding carboxylic acids is 2. The Morgan fingerprint density at radius 2 is 1.86 bits per heavy atom. The van der Waals surface area contributed by atoms with Crippen LogP contribution in [0.1, 0.15) is 40.9 Å². The molecule has 2 aliphatic heterocycles. The van der Waals surface area contributed by atoms with Crippen molar-refractivity contribution in [1.82, 2.24) is 25.2 Å². The van der Waals surface area contributed by atoms with Crippen molar-refractivity contribution < 1.29 is 18.7 Å². The monoisotopic (exact) mass is 505 g/mol. The van der Waals surface area contributed by atoms with Gasteiger partial charge in [0.05, 0.1) is 6.10 Å². The molecule has 0 spiro atoms. The number of hydrogen-bond donors (Lipinski definition) is 2. The summed E-state index contributed by atoms with van der Waals surface area (Å²) in [5.41, 5.74) is 2.24. The van der Waals surface area contributed by atoms with Crippen LogP contribution >= 0.6 is 0 Å². The molecule has 0 radical (unpaired) electrons. The van der Waals surface area contributed by atoms with E-state index in [0.29, 0.717) is 43.5 Å². The van der Waals surface area contributed by atoms with Gasteiger partial charge in [-0.1, -0.05) is 30.3 Å². The number of amides is 2. The number of H-pyrrole nitrogens is 1. The smallest absolute Gasteiger partial charge is 0.285 e. The summed E-state index contributed by atoms with van der Waals surface area (Å²) in [6, 6.07) is 16.2. The summed E-state index contributed by atoms with van der Waals surface area (Å²) in [6.07, 6.45) is 1.90. The molecule has 37 heavy (non-hydrogen) atoms. The number of benzene rings is 1. The number of furan rings is 1. The van der Waals surface area contributed by atoms with E-state index in [2.05, 4.69) is 22.2 Å². The average molecular weight is 506 g/mol. The number of aromatic amines is 1. The summed E-state index contributed by atoms with van der Waals surface area (Å²) >= 11 is 0. The van der Waals surface area contributed by atoms with Crippen LogP contribution in [0.4, 0.5) is 0 Å². The molecule has 1 aromatic carbocycles. The first-order valence-electron chi connectivity index (χ1n) is 13.0. The average Bonchev–Trinajstić information content (AvgIpc) is 3.69. The molecular weight excluding hydrogens is 470 g/mol. The van der Waals surface area contributed by atoms with Crippen molar-refractivity contribution in [3.8, 4) is 11.3 Å². The first-order chi connectivity index (χ1) is 18.0.